The second kappa shape index (κ2) is 8.41. The largest absolute Gasteiger partial charge is 0.490 e. The molecule has 2 N–H and O–H groups in total. The van der Waals surface area contributed by atoms with Crippen molar-refractivity contribution in [3.8, 4) is 0 Å². The van der Waals surface area contributed by atoms with E-state index in [0.29, 0.717) is 37.6 Å². The maximum absolute atomic E-state index is 12.4. The quantitative estimate of drug-likeness (QED) is 0.715. The standard InChI is InChI=1S/C15H21N3O4.C2HF3O2/c1-10-11(4-5-21-10)14(20)18-8-15(9-18)7-17(3)12(6-22-15)13(19)16-2;3-2(4,5)1(6)7/h4-5,12H,6-9H2,1-3H3,(H,16,19);(H,6,7). The number of nitrogens with one attached hydrogen (secondary N) is 1. The average molecular weight is 421 g/mol. The topological polar surface area (TPSA) is 112 Å². The lowest BCUT2D eigenvalue weighted by Crippen LogP contribution is -2.73. The summed E-state index contributed by atoms with van der Waals surface area (Å²) >= 11 is 0. The Morgan fingerprint density at radius 3 is 2.28 bits per heavy atom. The van der Waals surface area contributed by atoms with Crippen molar-refractivity contribution in [3.63, 3.8) is 0 Å². The molecule has 2 aliphatic heterocycles. The molecule has 0 aromatic carbocycles. The first-order chi connectivity index (χ1) is 13.4. The number of hydrogen-bond donors (Lipinski definition) is 2. The van der Waals surface area contributed by atoms with E-state index in [1.54, 1.807) is 24.9 Å². The van der Waals surface area contributed by atoms with Crippen LogP contribution in [0.2, 0.25) is 0 Å². The first-order valence-electron chi connectivity index (χ1n) is 8.59. The number of morpholine rings is 1. The molecule has 1 atom stereocenters. The molecule has 0 saturated carbocycles. The molecule has 2 saturated heterocycles. The smallest absolute Gasteiger partial charge is 0.475 e. The van der Waals surface area contributed by atoms with E-state index in [0.717, 1.165) is 0 Å². The van der Waals surface area contributed by atoms with Gasteiger partial charge in [0, 0.05) is 13.6 Å². The Balaban J connectivity index is 0.000000370. The van der Waals surface area contributed by atoms with Crippen molar-refractivity contribution >= 4 is 17.8 Å². The number of nitrogens with zero attached hydrogens (tertiary/aromatic N) is 2. The van der Waals surface area contributed by atoms with E-state index in [1.807, 2.05) is 11.9 Å². The summed E-state index contributed by atoms with van der Waals surface area (Å²) in [5.41, 5.74) is 0.245. The van der Waals surface area contributed by atoms with Crippen molar-refractivity contribution in [2.75, 3.05) is 40.3 Å². The van der Waals surface area contributed by atoms with Crippen molar-refractivity contribution in [2.45, 2.75) is 24.7 Å². The van der Waals surface area contributed by atoms with Crippen LogP contribution < -0.4 is 5.32 Å². The van der Waals surface area contributed by atoms with Gasteiger partial charge in [-0.25, -0.2) is 4.79 Å². The van der Waals surface area contributed by atoms with Gasteiger partial charge in [0.15, 0.2) is 0 Å². The number of aliphatic carboxylic acids is 1. The van der Waals surface area contributed by atoms with Crippen LogP contribution in [0.1, 0.15) is 16.1 Å². The van der Waals surface area contributed by atoms with Gasteiger partial charge in [0.1, 0.15) is 17.4 Å². The van der Waals surface area contributed by atoms with Crippen LogP contribution in [0.15, 0.2) is 16.7 Å². The summed E-state index contributed by atoms with van der Waals surface area (Å²) in [5.74, 6) is -2.20. The number of likely N-dealkylation sites (N-methyl/N-ethyl adjacent to an activating group) is 2. The fourth-order valence-corrected chi connectivity index (χ4v) is 3.20. The van der Waals surface area contributed by atoms with E-state index in [4.69, 9.17) is 19.1 Å². The fourth-order valence-electron chi connectivity index (χ4n) is 3.20. The molecule has 3 rings (SSSR count). The molecule has 2 fully saturated rings. The lowest BCUT2D eigenvalue weighted by molar-refractivity contribution is -0.192. The first-order valence-corrected chi connectivity index (χ1v) is 8.59. The molecule has 0 bridgehead atoms. The highest BCUT2D eigenvalue weighted by Gasteiger charge is 2.51. The van der Waals surface area contributed by atoms with Crippen molar-refractivity contribution in [1.82, 2.24) is 15.1 Å². The third-order valence-corrected chi connectivity index (χ3v) is 4.74. The maximum atomic E-state index is 12.4. The second-order valence-corrected chi connectivity index (χ2v) is 6.89. The van der Waals surface area contributed by atoms with Crippen LogP contribution in [0.3, 0.4) is 0 Å². The van der Waals surface area contributed by atoms with Crippen molar-refractivity contribution in [1.29, 1.82) is 0 Å². The Morgan fingerprint density at radius 2 is 1.86 bits per heavy atom. The molecular formula is C17H22F3N3O6. The molecule has 29 heavy (non-hydrogen) atoms. The van der Waals surface area contributed by atoms with Gasteiger partial charge in [-0.2, -0.15) is 13.2 Å². The number of carboxylic acid groups (broad SMARTS) is 1. The van der Waals surface area contributed by atoms with Crippen molar-refractivity contribution in [2.24, 2.45) is 0 Å². The highest BCUT2D eigenvalue weighted by Crippen LogP contribution is 2.32. The van der Waals surface area contributed by atoms with E-state index in [9.17, 15) is 22.8 Å². The third-order valence-electron chi connectivity index (χ3n) is 4.74. The van der Waals surface area contributed by atoms with Crippen LogP contribution in [0.5, 0.6) is 0 Å². The van der Waals surface area contributed by atoms with Gasteiger partial charge in [0.2, 0.25) is 5.91 Å². The molecule has 1 aromatic heterocycles. The Bertz CT molecular complexity index is 773. The SMILES string of the molecule is CNC(=O)C1COC2(CN(C(=O)c3ccoc3C)C2)CN1C.O=C(O)C(F)(F)F. The molecule has 1 unspecified atom stereocenters. The average Bonchev–Trinajstić information content (AvgIpc) is 3.04. The lowest BCUT2D eigenvalue weighted by atomic mass is 9.90. The molecule has 3 heterocycles. The number of rotatable bonds is 2. The second-order valence-electron chi connectivity index (χ2n) is 6.89. The summed E-state index contributed by atoms with van der Waals surface area (Å²) in [6.07, 6.45) is -3.56. The number of ether oxygens (including phenoxy) is 1. The maximum Gasteiger partial charge on any atom is 0.490 e. The molecule has 2 amide bonds. The van der Waals surface area contributed by atoms with Gasteiger partial charge >= 0.3 is 12.1 Å². The normalized spacial score (nSPS) is 21.0. The molecule has 0 aliphatic carbocycles. The van der Waals surface area contributed by atoms with Gasteiger partial charge in [0.05, 0.1) is 31.5 Å². The monoisotopic (exact) mass is 421 g/mol. The van der Waals surface area contributed by atoms with Crippen LogP contribution in [0, 0.1) is 6.92 Å². The highest BCUT2D eigenvalue weighted by atomic mass is 19.4. The number of carboxylic acids is 1. The summed E-state index contributed by atoms with van der Waals surface area (Å²) in [7, 11) is 3.53. The number of furan rings is 1. The number of carbonyl (C=O) groups excluding carboxylic acids is 2. The van der Waals surface area contributed by atoms with E-state index in [2.05, 4.69) is 5.32 Å². The summed E-state index contributed by atoms with van der Waals surface area (Å²) in [5, 5.41) is 9.77. The zero-order chi connectivity index (χ0) is 22.0. The zero-order valence-electron chi connectivity index (χ0n) is 16.1. The third kappa shape index (κ3) is 5.07. The highest BCUT2D eigenvalue weighted by molar-refractivity contribution is 5.95. The predicted octanol–water partition coefficient (Wildman–Crippen LogP) is 0.493. The van der Waals surface area contributed by atoms with Crippen LogP contribution in [0.4, 0.5) is 13.2 Å². The van der Waals surface area contributed by atoms with Gasteiger partial charge in [-0.15, -0.1) is 0 Å². The zero-order valence-corrected chi connectivity index (χ0v) is 16.1. The van der Waals surface area contributed by atoms with Gasteiger partial charge in [-0.3, -0.25) is 14.5 Å². The molecular weight excluding hydrogens is 399 g/mol. The summed E-state index contributed by atoms with van der Waals surface area (Å²) < 4.78 is 42.8. The predicted molar refractivity (Wildman–Crippen MR) is 92.2 cm³/mol. The van der Waals surface area contributed by atoms with Crippen molar-refractivity contribution < 1.29 is 41.8 Å². The number of halogens is 3. The minimum Gasteiger partial charge on any atom is -0.475 e. The van der Waals surface area contributed by atoms with E-state index < -0.39 is 12.1 Å². The van der Waals surface area contributed by atoms with Crippen molar-refractivity contribution in [3.05, 3.63) is 23.7 Å². The summed E-state index contributed by atoms with van der Waals surface area (Å²) in [6.45, 7) is 3.85. The van der Waals surface area contributed by atoms with Crippen LogP contribution in [0.25, 0.3) is 0 Å². The number of alkyl halides is 3. The number of aryl methyl sites for hydroxylation is 1. The lowest BCUT2D eigenvalue weighted by Gasteiger charge is -2.54. The number of carbonyl (C=O) groups is 3. The van der Waals surface area contributed by atoms with E-state index in [-0.39, 0.29) is 23.5 Å². The van der Waals surface area contributed by atoms with Gasteiger partial charge < -0.3 is 24.5 Å². The minimum absolute atomic E-state index is 0.0310. The Kier molecular flexibility index (Phi) is 6.58. The van der Waals surface area contributed by atoms with Crippen LogP contribution >= 0.6 is 0 Å². The molecule has 2 aliphatic rings. The van der Waals surface area contributed by atoms with Crippen LogP contribution in [-0.2, 0) is 14.3 Å². The number of likely N-dealkylation sites (tertiary alicyclic amines) is 1. The van der Waals surface area contributed by atoms with Gasteiger partial charge in [-0.1, -0.05) is 0 Å². The van der Waals surface area contributed by atoms with E-state index in [1.165, 1.54) is 6.26 Å². The molecule has 0 radical (unpaired) electrons. The van der Waals surface area contributed by atoms with Gasteiger partial charge in [-0.05, 0) is 20.0 Å². The minimum atomic E-state index is -5.08. The Hall–Kier alpha value is -2.60. The molecule has 9 nitrogen and oxygen atoms in total. The molecule has 1 aromatic rings. The van der Waals surface area contributed by atoms with Gasteiger partial charge in [0.25, 0.3) is 5.91 Å². The Morgan fingerprint density at radius 1 is 1.28 bits per heavy atom. The first kappa shape index (κ1) is 22.7. The summed E-state index contributed by atoms with van der Waals surface area (Å²) in [4.78, 5) is 36.8. The molecule has 1 spiro atoms. The molecule has 162 valence electrons. The Labute approximate surface area is 164 Å². The number of amides is 2. The number of hydrogen-bond acceptors (Lipinski definition) is 6. The fraction of sp³-hybridized carbons (Fsp3) is 0.588. The van der Waals surface area contributed by atoms with E-state index >= 15 is 0 Å². The summed E-state index contributed by atoms with van der Waals surface area (Å²) in [6, 6.07) is 1.43. The van der Waals surface area contributed by atoms with Crippen LogP contribution in [-0.4, -0.2) is 90.8 Å². The molecule has 12 heteroatoms.